The fourth-order valence-corrected chi connectivity index (χ4v) is 3.27. The molecule has 3 rings (SSSR count). The van der Waals surface area contributed by atoms with Crippen LogP contribution in [0, 0.1) is 0 Å². The van der Waals surface area contributed by atoms with Crippen molar-refractivity contribution >= 4 is 10.0 Å². The van der Waals surface area contributed by atoms with Crippen molar-refractivity contribution in [2.45, 2.75) is 36.9 Å². The van der Waals surface area contributed by atoms with Crippen LogP contribution >= 0.6 is 0 Å². The van der Waals surface area contributed by atoms with E-state index in [0.717, 1.165) is 12.8 Å². The minimum atomic E-state index is -3.60. The normalized spacial score (nSPS) is 15.3. The summed E-state index contributed by atoms with van der Waals surface area (Å²) in [4.78, 5) is 4.27. The Bertz CT molecular complexity index is 721. The first kappa shape index (κ1) is 14.2. The predicted molar refractivity (Wildman–Crippen MR) is 76.9 cm³/mol. The predicted octanol–water partition coefficient (Wildman–Crippen LogP) is 1.19. The van der Waals surface area contributed by atoms with Gasteiger partial charge < -0.3 is 9.67 Å². The summed E-state index contributed by atoms with van der Waals surface area (Å²) >= 11 is 0. The van der Waals surface area contributed by atoms with E-state index in [1.54, 1.807) is 24.5 Å². The molecule has 0 spiro atoms. The van der Waals surface area contributed by atoms with Crippen LogP contribution in [0.4, 0.5) is 0 Å². The number of nitrogens with zero attached hydrogens (tertiary/aromatic N) is 2. The summed E-state index contributed by atoms with van der Waals surface area (Å²) in [6.45, 7) is -0.0154. The van der Waals surface area contributed by atoms with E-state index in [-0.39, 0.29) is 18.0 Å². The molecule has 112 valence electrons. The SMILES string of the molecule is O=S(=O)(NCc1ccccn1)c1cc(CO)n(C2CC2)c1. The third-order valence-electron chi connectivity index (χ3n) is 3.49. The number of aliphatic hydroxyl groups is 1. The second kappa shape index (κ2) is 5.59. The molecule has 1 fully saturated rings. The van der Waals surface area contributed by atoms with Crippen molar-refractivity contribution < 1.29 is 13.5 Å². The average molecular weight is 307 g/mol. The van der Waals surface area contributed by atoms with Crippen LogP contribution in [0.25, 0.3) is 0 Å². The molecule has 7 heteroatoms. The Morgan fingerprint density at radius 3 is 2.81 bits per heavy atom. The summed E-state index contributed by atoms with van der Waals surface area (Å²) in [7, 11) is -3.60. The number of pyridine rings is 1. The number of aliphatic hydroxyl groups excluding tert-OH is 1. The fourth-order valence-electron chi connectivity index (χ4n) is 2.22. The average Bonchev–Trinajstić information content (AvgIpc) is 3.24. The lowest BCUT2D eigenvalue weighted by molar-refractivity contribution is 0.270. The zero-order chi connectivity index (χ0) is 14.9. The number of nitrogens with one attached hydrogen (secondary N) is 1. The fraction of sp³-hybridized carbons (Fsp3) is 0.357. The van der Waals surface area contributed by atoms with Crippen LogP contribution in [0.2, 0.25) is 0 Å². The molecule has 0 aromatic carbocycles. The third-order valence-corrected chi connectivity index (χ3v) is 4.86. The Morgan fingerprint density at radius 2 is 2.19 bits per heavy atom. The quantitative estimate of drug-likeness (QED) is 0.839. The second-order valence-electron chi connectivity index (χ2n) is 5.11. The van der Waals surface area contributed by atoms with E-state index in [1.807, 2.05) is 10.6 Å². The summed E-state index contributed by atoms with van der Waals surface area (Å²) in [6, 6.07) is 7.20. The third kappa shape index (κ3) is 3.15. The molecule has 2 aromatic heterocycles. The zero-order valence-corrected chi connectivity index (χ0v) is 12.3. The summed E-state index contributed by atoms with van der Waals surface area (Å²) < 4.78 is 29.0. The van der Waals surface area contributed by atoms with Gasteiger partial charge in [0, 0.05) is 24.1 Å². The first-order chi connectivity index (χ1) is 10.1. The van der Waals surface area contributed by atoms with Gasteiger partial charge in [0.2, 0.25) is 10.0 Å². The number of hydrogen-bond donors (Lipinski definition) is 2. The minimum Gasteiger partial charge on any atom is -0.390 e. The molecule has 0 aliphatic heterocycles. The molecular formula is C14H17N3O3S. The molecular weight excluding hydrogens is 290 g/mol. The molecule has 0 bridgehead atoms. The van der Waals surface area contributed by atoms with Crippen molar-refractivity contribution in [1.29, 1.82) is 0 Å². The zero-order valence-electron chi connectivity index (χ0n) is 11.4. The van der Waals surface area contributed by atoms with E-state index < -0.39 is 10.0 Å². The highest BCUT2D eigenvalue weighted by molar-refractivity contribution is 7.89. The molecule has 2 heterocycles. The number of rotatable bonds is 6. The van der Waals surface area contributed by atoms with Gasteiger partial charge in [0.15, 0.2) is 0 Å². The summed E-state index contributed by atoms with van der Waals surface area (Å²) in [5.74, 6) is 0. The van der Waals surface area contributed by atoms with Gasteiger partial charge in [-0.1, -0.05) is 6.07 Å². The van der Waals surface area contributed by atoms with Crippen molar-refractivity contribution in [2.75, 3.05) is 0 Å². The van der Waals surface area contributed by atoms with Gasteiger partial charge in [0.25, 0.3) is 0 Å². The minimum absolute atomic E-state index is 0.145. The van der Waals surface area contributed by atoms with Gasteiger partial charge in [-0.3, -0.25) is 4.98 Å². The Hall–Kier alpha value is -1.70. The van der Waals surface area contributed by atoms with Crippen LogP contribution in [0.5, 0.6) is 0 Å². The monoisotopic (exact) mass is 307 g/mol. The lowest BCUT2D eigenvalue weighted by Gasteiger charge is -2.04. The molecule has 0 radical (unpaired) electrons. The van der Waals surface area contributed by atoms with Crippen molar-refractivity contribution in [3.63, 3.8) is 0 Å². The maximum Gasteiger partial charge on any atom is 0.242 e. The number of sulfonamides is 1. The Labute approximate surface area is 123 Å². The van der Waals surface area contributed by atoms with Crippen molar-refractivity contribution in [1.82, 2.24) is 14.3 Å². The maximum atomic E-state index is 12.3. The lowest BCUT2D eigenvalue weighted by atomic mass is 10.4. The molecule has 2 aromatic rings. The van der Waals surface area contributed by atoms with Crippen LogP contribution in [-0.4, -0.2) is 23.1 Å². The highest BCUT2D eigenvalue weighted by atomic mass is 32.2. The number of hydrogen-bond acceptors (Lipinski definition) is 4. The van der Waals surface area contributed by atoms with Gasteiger partial charge in [-0.15, -0.1) is 0 Å². The summed E-state index contributed by atoms with van der Waals surface area (Å²) in [5, 5.41) is 9.34. The molecule has 21 heavy (non-hydrogen) atoms. The molecule has 6 nitrogen and oxygen atoms in total. The largest absolute Gasteiger partial charge is 0.390 e. The second-order valence-corrected chi connectivity index (χ2v) is 6.88. The van der Waals surface area contributed by atoms with Gasteiger partial charge >= 0.3 is 0 Å². The van der Waals surface area contributed by atoms with Crippen molar-refractivity contribution in [3.8, 4) is 0 Å². The van der Waals surface area contributed by atoms with Crippen LogP contribution in [0.15, 0.2) is 41.6 Å². The Morgan fingerprint density at radius 1 is 1.38 bits per heavy atom. The van der Waals surface area contributed by atoms with E-state index >= 15 is 0 Å². The van der Waals surface area contributed by atoms with Crippen molar-refractivity contribution in [3.05, 3.63) is 48.0 Å². The van der Waals surface area contributed by atoms with Gasteiger partial charge in [0.1, 0.15) is 0 Å². The molecule has 1 aliphatic carbocycles. The summed E-state index contributed by atoms with van der Waals surface area (Å²) in [5.41, 5.74) is 1.29. The lowest BCUT2D eigenvalue weighted by Crippen LogP contribution is -2.23. The van der Waals surface area contributed by atoms with E-state index in [0.29, 0.717) is 17.4 Å². The molecule has 1 saturated carbocycles. The summed E-state index contributed by atoms with van der Waals surface area (Å²) in [6.07, 6.45) is 5.28. The van der Waals surface area contributed by atoms with Crippen LogP contribution in [-0.2, 0) is 23.2 Å². The highest BCUT2D eigenvalue weighted by Gasteiger charge is 2.28. The van der Waals surface area contributed by atoms with Gasteiger partial charge in [-0.05, 0) is 31.0 Å². The number of aromatic nitrogens is 2. The van der Waals surface area contributed by atoms with Crippen LogP contribution in [0.3, 0.4) is 0 Å². The standard InChI is InChI=1S/C14H17N3O3S/c18-10-13-7-14(9-17(13)12-4-5-12)21(19,20)16-8-11-3-1-2-6-15-11/h1-3,6-7,9,12,16,18H,4-5,8,10H2. The smallest absolute Gasteiger partial charge is 0.242 e. The topological polar surface area (TPSA) is 84.2 Å². The van der Waals surface area contributed by atoms with Crippen molar-refractivity contribution in [2.24, 2.45) is 0 Å². The van der Waals surface area contributed by atoms with Crippen LogP contribution in [0.1, 0.15) is 30.3 Å². The molecule has 1 aliphatic rings. The molecule has 0 atom stereocenters. The molecule has 0 amide bonds. The first-order valence-electron chi connectivity index (χ1n) is 6.81. The van der Waals surface area contributed by atoms with E-state index in [2.05, 4.69) is 9.71 Å². The van der Waals surface area contributed by atoms with E-state index in [9.17, 15) is 13.5 Å². The first-order valence-corrected chi connectivity index (χ1v) is 8.29. The van der Waals surface area contributed by atoms with Gasteiger partial charge in [-0.25, -0.2) is 13.1 Å². The van der Waals surface area contributed by atoms with Gasteiger partial charge in [-0.2, -0.15) is 0 Å². The highest BCUT2D eigenvalue weighted by Crippen LogP contribution is 2.37. The Balaban J connectivity index is 1.78. The van der Waals surface area contributed by atoms with E-state index in [4.69, 9.17) is 0 Å². The van der Waals surface area contributed by atoms with Gasteiger partial charge in [0.05, 0.1) is 23.7 Å². The maximum absolute atomic E-state index is 12.3. The molecule has 2 N–H and O–H groups in total. The Kier molecular flexibility index (Phi) is 3.79. The molecule has 0 saturated heterocycles. The van der Waals surface area contributed by atoms with Crippen LogP contribution < -0.4 is 4.72 Å². The molecule has 0 unspecified atom stereocenters. The van der Waals surface area contributed by atoms with E-state index in [1.165, 1.54) is 6.07 Å².